The minimum atomic E-state index is 1.08. The lowest BCUT2D eigenvalue weighted by Gasteiger charge is -1.85. The van der Waals surface area contributed by atoms with Crippen molar-refractivity contribution < 1.29 is 0 Å². The van der Waals surface area contributed by atoms with Gasteiger partial charge in [0.1, 0.15) is 0 Å². The molecule has 4 rings (SSSR count). The third kappa shape index (κ3) is 4.62. The summed E-state index contributed by atoms with van der Waals surface area (Å²) >= 11 is 0. The van der Waals surface area contributed by atoms with E-state index >= 15 is 0 Å². The average molecular weight is 304 g/mol. The minimum Gasteiger partial charge on any atom is -0.359 e. The van der Waals surface area contributed by atoms with Crippen LogP contribution >= 0.6 is 0 Å². The highest BCUT2D eigenvalue weighted by atomic mass is 14.8. The summed E-state index contributed by atoms with van der Waals surface area (Å²) in [6.07, 6.45) is 4.91. The Hall–Kier alpha value is -2.74. The lowest BCUT2D eigenvalue weighted by atomic mass is 10.2. The SMILES string of the molecule is C=CCC.Cc1ccccc1.c1ccc2c(c1)[nH]c1cc[nH]c12. The van der Waals surface area contributed by atoms with Gasteiger partial charge in [0.15, 0.2) is 0 Å². The highest BCUT2D eigenvalue weighted by Crippen LogP contribution is 2.22. The number of benzene rings is 2. The molecule has 0 amide bonds. The number of aromatic nitrogens is 2. The van der Waals surface area contributed by atoms with Crippen molar-refractivity contribution in [1.29, 1.82) is 0 Å². The number of nitrogens with one attached hydrogen (secondary N) is 2. The Labute approximate surface area is 137 Å². The molecule has 2 aromatic carbocycles. The highest BCUT2D eigenvalue weighted by molar-refractivity contribution is 6.04. The fourth-order valence-electron chi connectivity index (χ4n) is 2.19. The van der Waals surface area contributed by atoms with Gasteiger partial charge >= 0.3 is 0 Å². The van der Waals surface area contributed by atoms with Crippen LogP contribution in [0.25, 0.3) is 21.9 Å². The van der Waals surface area contributed by atoms with Crippen molar-refractivity contribution in [2.45, 2.75) is 20.3 Å². The van der Waals surface area contributed by atoms with Gasteiger partial charge in [-0.3, -0.25) is 0 Å². The number of hydrogen-bond acceptors (Lipinski definition) is 0. The lowest BCUT2D eigenvalue weighted by molar-refractivity contribution is 1.23. The van der Waals surface area contributed by atoms with E-state index in [0.29, 0.717) is 0 Å². The van der Waals surface area contributed by atoms with E-state index in [-0.39, 0.29) is 0 Å². The number of allylic oxidation sites excluding steroid dienone is 1. The molecule has 23 heavy (non-hydrogen) atoms. The summed E-state index contributed by atoms with van der Waals surface area (Å²) in [6.45, 7) is 7.62. The summed E-state index contributed by atoms with van der Waals surface area (Å²) in [5.74, 6) is 0. The quantitative estimate of drug-likeness (QED) is 0.391. The first-order chi connectivity index (χ1) is 11.3. The van der Waals surface area contributed by atoms with Crippen molar-refractivity contribution in [2.75, 3.05) is 0 Å². The van der Waals surface area contributed by atoms with Gasteiger partial charge in [0, 0.05) is 17.1 Å². The van der Waals surface area contributed by atoms with E-state index in [2.05, 4.69) is 66.8 Å². The standard InChI is InChI=1S/C10H8N2.C7H8.C4H8/c1-2-4-8-7(3-1)10-9(12-8)5-6-11-10;1-7-5-3-2-4-6-7;1-3-4-2/h1-6,11-12H;2-6H,1H3;3H,1,4H2,2H3. The van der Waals surface area contributed by atoms with Gasteiger partial charge in [-0.1, -0.05) is 67.1 Å². The van der Waals surface area contributed by atoms with Crippen molar-refractivity contribution in [2.24, 2.45) is 0 Å². The molecule has 118 valence electrons. The topological polar surface area (TPSA) is 31.6 Å². The molecule has 2 heterocycles. The first-order valence-corrected chi connectivity index (χ1v) is 7.92. The number of H-pyrrole nitrogens is 2. The van der Waals surface area contributed by atoms with Gasteiger partial charge in [-0.2, -0.15) is 0 Å². The van der Waals surface area contributed by atoms with E-state index < -0.39 is 0 Å². The Morgan fingerprint density at radius 3 is 2.17 bits per heavy atom. The number of aromatic amines is 2. The van der Waals surface area contributed by atoms with Crippen LogP contribution in [0.3, 0.4) is 0 Å². The van der Waals surface area contributed by atoms with Crippen LogP contribution in [-0.4, -0.2) is 9.97 Å². The molecule has 0 radical (unpaired) electrons. The molecule has 0 unspecified atom stereocenters. The van der Waals surface area contributed by atoms with Gasteiger partial charge in [0.25, 0.3) is 0 Å². The molecule has 0 fully saturated rings. The third-order valence-electron chi connectivity index (χ3n) is 3.44. The summed E-state index contributed by atoms with van der Waals surface area (Å²) in [6, 6.07) is 20.6. The van der Waals surface area contributed by atoms with Crippen LogP contribution in [0, 0.1) is 6.92 Å². The predicted octanol–water partition coefficient (Wildman–Crippen LogP) is 6.23. The fourth-order valence-corrected chi connectivity index (χ4v) is 2.19. The molecule has 0 aliphatic rings. The lowest BCUT2D eigenvalue weighted by Crippen LogP contribution is -1.65. The number of aryl methyl sites for hydroxylation is 1. The van der Waals surface area contributed by atoms with Crippen LogP contribution in [0.4, 0.5) is 0 Å². The van der Waals surface area contributed by atoms with Crippen LogP contribution in [0.1, 0.15) is 18.9 Å². The van der Waals surface area contributed by atoms with Crippen LogP contribution < -0.4 is 0 Å². The fraction of sp³-hybridized carbons (Fsp3) is 0.143. The zero-order valence-electron chi connectivity index (χ0n) is 13.8. The summed E-state index contributed by atoms with van der Waals surface area (Å²) in [5.41, 5.74) is 4.89. The molecule has 0 saturated carbocycles. The van der Waals surface area contributed by atoms with Crippen LogP contribution in [0.15, 0.2) is 79.5 Å². The second-order valence-corrected chi connectivity index (χ2v) is 5.29. The molecule has 2 heteroatoms. The molecular formula is C21H24N2. The molecular weight excluding hydrogens is 280 g/mol. The summed E-state index contributed by atoms with van der Waals surface area (Å²) in [5, 5.41) is 1.26. The Balaban J connectivity index is 0.000000149. The van der Waals surface area contributed by atoms with E-state index in [1.807, 2.05) is 36.5 Å². The Morgan fingerprint density at radius 2 is 1.57 bits per heavy atom. The summed E-state index contributed by atoms with van der Waals surface area (Å²) in [4.78, 5) is 6.54. The smallest absolute Gasteiger partial charge is 0.0714 e. The van der Waals surface area contributed by atoms with Crippen molar-refractivity contribution in [1.82, 2.24) is 9.97 Å². The highest BCUT2D eigenvalue weighted by Gasteiger charge is 2.01. The van der Waals surface area contributed by atoms with Gasteiger partial charge in [-0.25, -0.2) is 0 Å². The second-order valence-electron chi connectivity index (χ2n) is 5.29. The Bertz CT molecular complexity index is 837. The van der Waals surface area contributed by atoms with Crippen molar-refractivity contribution in [3.63, 3.8) is 0 Å². The molecule has 2 N–H and O–H groups in total. The van der Waals surface area contributed by atoms with E-state index in [1.165, 1.54) is 27.5 Å². The number of rotatable bonds is 1. The van der Waals surface area contributed by atoms with E-state index in [1.54, 1.807) is 0 Å². The largest absolute Gasteiger partial charge is 0.359 e. The normalized spacial score (nSPS) is 9.65. The molecule has 2 aromatic heterocycles. The molecule has 0 aliphatic carbocycles. The molecule has 4 aromatic rings. The monoisotopic (exact) mass is 304 g/mol. The average Bonchev–Trinajstić information content (AvgIpc) is 3.17. The molecule has 0 spiro atoms. The van der Waals surface area contributed by atoms with Gasteiger partial charge < -0.3 is 9.97 Å². The number of hydrogen-bond donors (Lipinski definition) is 2. The molecule has 0 atom stereocenters. The second kappa shape index (κ2) is 8.64. The van der Waals surface area contributed by atoms with Gasteiger partial charge in [0.05, 0.1) is 11.0 Å². The van der Waals surface area contributed by atoms with Crippen molar-refractivity contribution in [3.8, 4) is 0 Å². The van der Waals surface area contributed by atoms with Crippen molar-refractivity contribution >= 4 is 21.9 Å². The third-order valence-corrected chi connectivity index (χ3v) is 3.44. The predicted molar refractivity (Wildman–Crippen MR) is 102 cm³/mol. The maximum atomic E-state index is 3.48. The maximum Gasteiger partial charge on any atom is 0.0714 e. The summed E-state index contributed by atoms with van der Waals surface area (Å²) < 4.78 is 0. The maximum absolute atomic E-state index is 3.48. The van der Waals surface area contributed by atoms with Crippen LogP contribution in [0.5, 0.6) is 0 Å². The van der Waals surface area contributed by atoms with E-state index in [0.717, 1.165) is 6.42 Å². The number of fused-ring (bicyclic) bond motifs is 3. The number of para-hydroxylation sites is 1. The first kappa shape index (κ1) is 16.6. The molecule has 0 saturated heterocycles. The van der Waals surface area contributed by atoms with Crippen LogP contribution in [-0.2, 0) is 0 Å². The van der Waals surface area contributed by atoms with Gasteiger partial charge in [-0.05, 0) is 25.5 Å². The molecule has 0 aliphatic heterocycles. The zero-order chi connectivity index (χ0) is 16.5. The Morgan fingerprint density at radius 1 is 0.913 bits per heavy atom. The van der Waals surface area contributed by atoms with Crippen molar-refractivity contribution in [3.05, 3.63) is 85.1 Å². The zero-order valence-corrected chi connectivity index (χ0v) is 13.8. The van der Waals surface area contributed by atoms with E-state index in [4.69, 9.17) is 0 Å². The molecule has 0 bridgehead atoms. The van der Waals surface area contributed by atoms with Gasteiger partial charge in [0.2, 0.25) is 0 Å². The van der Waals surface area contributed by atoms with E-state index in [9.17, 15) is 0 Å². The molecule has 2 nitrogen and oxygen atoms in total. The van der Waals surface area contributed by atoms with Gasteiger partial charge in [-0.15, -0.1) is 6.58 Å². The first-order valence-electron chi connectivity index (χ1n) is 7.92. The minimum absolute atomic E-state index is 1.08. The Kier molecular flexibility index (Phi) is 6.25. The van der Waals surface area contributed by atoms with Crippen LogP contribution in [0.2, 0.25) is 0 Å². The summed E-state index contributed by atoms with van der Waals surface area (Å²) in [7, 11) is 0.